The Balaban J connectivity index is 0.00000169. The topological polar surface area (TPSA) is 38.9 Å². The Labute approximate surface area is 95.4 Å². The molecule has 6 heteroatoms. The molecule has 0 amide bonds. The quantitative estimate of drug-likeness (QED) is 0.928. The van der Waals surface area contributed by atoms with Gasteiger partial charge in [0, 0.05) is 29.3 Å². The summed E-state index contributed by atoms with van der Waals surface area (Å²) >= 11 is 3.19. The lowest BCUT2D eigenvalue weighted by atomic mass is 10.1. The van der Waals surface area contributed by atoms with Gasteiger partial charge >= 0.3 is 0 Å². The predicted molar refractivity (Wildman–Crippen MR) is 56.7 cm³/mol. The molecule has 2 nitrogen and oxygen atoms in total. The summed E-state index contributed by atoms with van der Waals surface area (Å²) in [6.07, 6.45) is 0.364. The van der Waals surface area contributed by atoms with E-state index < -0.39 is 12.5 Å². The van der Waals surface area contributed by atoms with Crippen LogP contribution in [0.3, 0.4) is 0 Å². The summed E-state index contributed by atoms with van der Waals surface area (Å²) in [5, 5.41) is 0. The Morgan fingerprint density at radius 3 is 2.57 bits per heavy atom. The highest BCUT2D eigenvalue weighted by molar-refractivity contribution is 9.10. The molecule has 0 aromatic carbocycles. The van der Waals surface area contributed by atoms with Gasteiger partial charge in [-0.25, -0.2) is 8.78 Å². The van der Waals surface area contributed by atoms with Crippen LogP contribution in [0, 0.1) is 0 Å². The normalized spacial score (nSPS) is 12.4. The largest absolute Gasteiger partial charge is 0.324 e. The third-order valence-electron chi connectivity index (χ3n) is 1.59. The first-order valence-corrected chi connectivity index (χ1v) is 4.53. The average Bonchev–Trinajstić information content (AvgIpc) is 2.03. The summed E-state index contributed by atoms with van der Waals surface area (Å²) in [5.74, 6) is 0. The smallest absolute Gasteiger partial charge is 0.240 e. The Bertz CT molecular complexity index is 286. The fourth-order valence-electron chi connectivity index (χ4n) is 0.959. The molecule has 0 aliphatic heterocycles. The molecule has 14 heavy (non-hydrogen) atoms. The highest BCUT2D eigenvalue weighted by Gasteiger charge is 2.12. The lowest BCUT2D eigenvalue weighted by Gasteiger charge is -2.10. The summed E-state index contributed by atoms with van der Waals surface area (Å²) in [6.45, 7) is 0. The predicted octanol–water partition coefficient (Wildman–Crippen LogP) is 2.92. The second-order valence-electron chi connectivity index (χ2n) is 2.67. The van der Waals surface area contributed by atoms with Gasteiger partial charge in [-0.05, 0) is 27.6 Å². The first-order valence-electron chi connectivity index (χ1n) is 3.74. The van der Waals surface area contributed by atoms with Crippen molar-refractivity contribution < 1.29 is 8.78 Å². The van der Waals surface area contributed by atoms with Crippen molar-refractivity contribution in [3.05, 3.63) is 28.5 Å². The molecule has 2 N–H and O–H groups in total. The Morgan fingerprint density at radius 1 is 1.43 bits per heavy atom. The molecule has 0 aliphatic rings. The molecule has 0 fully saturated rings. The zero-order valence-corrected chi connectivity index (χ0v) is 9.56. The number of halogens is 4. The highest BCUT2D eigenvalue weighted by Crippen LogP contribution is 2.19. The van der Waals surface area contributed by atoms with Gasteiger partial charge in [0.1, 0.15) is 0 Å². The Kier molecular flexibility index (Phi) is 6.15. The standard InChI is InChI=1S/C8H9BrF2N2.ClH/c9-6-1-5(3-13-4-6)7(12)2-8(10)11;/h1,3-4,7-8H,2,12H2;1H/t7-;/m0./s1. The number of pyridine rings is 1. The van der Waals surface area contributed by atoms with E-state index in [1.165, 1.54) is 6.20 Å². The fourth-order valence-corrected chi connectivity index (χ4v) is 1.34. The van der Waals surface area contributed by atoms with Crippen LogP contribution in [-0.4, -0.2) is 11.4 Å². The van der Waals surface area contributed by atoms with Crippen LogP contribution in [0.1, 0.15) is 18.0 Å². The van der Waals surface area contributed by atoms with Crippen molar-refractivity contribution in [2.24, 2.45) is 5.73 Å². The zero-order chi connectivity index (χ0) is 9.84. The maximum absolute atomic E-state index is 12.0. The SMILES string of the molecule is Cl.N[C@@H](CC(F)F)c1cncc(Br)c1. The van der Waals surface area contributed by atoms with Crippen LogP contribution in [0.25, 0.3) is 0 Å². The van der Waals surface area contributed by atoms with E-state index in [9.17, 15) is 8.78 Å². The molecule has 1 rings (SSSR count). The number of alkyl halides is 2. The van der Waals surface area contributed by atoms with E-state index in [2.05, 4.69) is 20.9 Å². The third-order valence-corrected chi connectivity index (χ3v) is 2.02. The minimum Gasteiger partial charge on any atom is -0.324 e. The summed E-state index contributed by atoms with van der Waals surface area (Å²) in [6, 6.07) is 1.05. The second kappa shape index (κ2) is 6.27. The number of hydrogen-bond acceptors (Lipinski definition) is 2. The summed E-state index contributed by atoms with van der Waals surface area (Å²) < 4.78 is 24.7. The molecule has 1 aromatic heterocycles. The molecule has 80 valence electrons. The van der Waals surface area contributed by atoms with Gasteiger partial charge in [-0.15, -0.1) is 12.4 Å². The van der Waals surface area contributed by atoms with Crippen molar-refractivity contribution in [2.45, 2.75) is 18.9 Å². The third kappa shape index (κ3) is 4.30. The van der Waals surface area contributed by atoms with E-state index in [1.54, 1.807) is 12.3 Å². The van der Waals surface area contributed by atoms with Crippen LogP contribution < -0.4 is 5.73 Å². The first-order chi connectivity index (χ1) is 6.09. The maximum atomic E-state index is 12.0. The molecular formula is C8H10BrClF2N2. The minimum atomic E-state index is -2.38. The minimum absolute atomic E-state index is 0. The van der Waals surface area contributed by atoms with Crippen molar-refractivity contribution in [1.82, 2.24) is 4.98 Å². The molecule has 0 saturated heterocycles. The van der Waals surface area contributed by atoms with Gasteiger partial charge in [0.05, 0.1) is 0 Å². The molecule has 0 unspecified atom stereocenters. The van der Waals surface area contributed by atoms with E-state index in [0.29, 0.717) is 5.56 Å². The van der Waals surface area contributed by atoms with Gasteiger partial charge in [0.15, 0.2) is 0 Å². The Morgan fingerprint density at radius 2 is 2.07 bits per heavy atom. The van der Waals surface area contributed by atoms with Crippen molar-refractivity contribution in [1.29, 1.82) is 0 Å². The van der Waals surface area contributed by atoms with Gasteiger partial charge in [-0.1, -0.05) is 0 Å². The molecule has 1 heterocycles. The number of nitrogens with zero attached hydrogens (tertiary/aromatic N) is 1. The summed E-state index contributed by atoms with van der Waals surface area (Å²) in [4.78, 5) is 3.84. The van der Waals surface area contributed by atoms with Crippen LogP contribution in [0.4, 0.5) is 8.78 Å². The van der Waals surface area contributed by atoms with Crippen molar-refractivity contribution in [3.63, 3.8) is 0 Å². The van der Waals surface area contributed by atoms with Gasteiger partial charge in [0.25, 0.3) is 0 Å². The molecule has 0 radical (unpaired) electrons. The molecule has 0 aliphatic carbocycles. The zero-order valence-electron chi connectivity index (χ0n) is 7.16. The van der Waals surface area contributed by atoms with Crippen molar-refractivity contribution >= 4 is 28.3 Å². The average molecular weight is 288 g/mol. The molecular weight excluding hydrogens is 277 g/mol. The monoisotopic (exact) mass is 286 g/mol. The molecule has 0 saturated carbocycles. The second-order valence-corrected chi connectivity index (χ2v) is 3.59. The highest BCUT2D eigenvalue weighted by atomic mass is 79.9. The van der Waals surface area contributed by atoms with Gasteiger partial charge in [-0.3, -0.25) is 4.98 Å². The van der Waals surface area contributed by atoms with E-state index in [-0.39, 0.29) is 18.8 Å². The van der Waals surface area contributed by atoms with Crippen LogP contribution >= 0.6 is 28.3 Å². The van der Waals surface area contributed by atoms with Gasteiger partial charge < -0.3 is 5.73 Å². The number of hydrogen-bond donors (Lipinski definition) is 1. The fraction of sp³-hybridized carbons (Fsp3) is 0.375. The molecule has 0 spiro atoms. The van der Waals surface area contributed by atoms with Crippen LogP contribution in [0.15, 0.2) is 22.9 Å². The maximum Gasteiger partial charge on any atom is 0.240 e. The number of nitrogens with two attached hydrogens (primary N) is 1. The van der Waals surface area contributed by atoms with Gasteiger partial charge in [-0.2, -0.15) is 0 Å². The van der Waals surface area contributed by atoms with E-state index >= 15 is 0 Å². The molecule has 0 bridgehead atoms. The Hall–Kier alpha value is -0.260. The number of rotatable bonds is 3. The lowest BCUT2D eigenvalue weighted by molar-refractivity contribution is 0.128. The first kappa shape index (κ1) is 13.7. The molecule has 1 aromatic rings. The van der Waals surface area contributed by atoms with Crippen molar-refractivity contribution in [2.75, 3.05) is 0 Å². The van der Waals surface area contributed by atoms with E-state index in [0.717, 1.165) is 4.47 Å². The van der Waals surface area contributed by atoms with E-state index in [1.807, 2.05) is 0 Å². The molecule has 1 atom stereocenters. The van der Waals surface area contributed by atoms with Gasteiger partial charge in [0.2, 0.25) is 6.43 Å². The number of aromatic nitrogens is 1. The summed E-state index contributed by atoms with van der Waals surface area (Å²) in [7, 11) is 0. The van der Waals surface area contributed by atoms with Crippen LogP contribution in [0.2, 0.25) is 0 Å². The van der Waals surface area contributed by atoms with Crippen molar-refractivity contribution in [3.8, 4) is 0 Å². The van der Waals surface area contributed by atoms with Crippen LogP contribution in [0.5, 0.6) is 0 Å². The summed E-state index contributed by atoms with van der Waals surface area (Å²) in [5.41, 5.74) is 6.14. The van der Waals surface area contributed by atoms with Crippen LogP contribution in [-0.2, 0) is 0 Å². The van der Waals surface area contributed by atoms with E-state index in [4.69, 9.17) is 5.73 Å². The lowest BCUT2D eigenvalue weighted by Crippen LogP contribution is -2.14.